The van der Waals surface area contributed by atoms with Crippen LogP contribution in [-0.4, -0.2) is 35.0 Å². The van der Waals surface area contributed by atoms with Crippen molar-refractivity contribution in [2.24, 2.45) is 0 Å². The van der Waals surface area contributed by atoms with Gasteiger partial charge in [-0.25, -0.2) is 9.69 Å². The molecule has 2 aromatic carbocycles. The molecule has 1 aromatic heterocycles. The van der Waals surface area contributed by atoms with Gasteiger partial charge in [0, 0.05) is 17.5 Å². The summed E-state index contributed by atoms with van der Waals surface area (Å²) in [7, 11) is 0. The van der Waals surface area contributed by atoms with Crippen LogP contribution in [0.25, 0.3) is 0 Å². The van der Waals surface area contributed by atoms with Crippen LogP contribution in [0, 0.1) is 0 Å². The number of likely N-dealkylation sites (tertiary alicyclic amines) is 1. The lowest BCUT2D eigenvalue weighted by Gasteiger charge is -2.30. The smallest absolute Gasteiger partial charge is 0.315 e. The molecule has 2 aliphatic rings. The highest BCUT2D eigenvalue weighted by Crippen LogP contribution is 2.38. The lowest BCUT2D eigenvalue weighted by Crippen LogP contribution is -2.46. The molecule has 2 saturated heterocycles. The van der Waals surface area contributed by atoms with Gasteiger partial charge in [0.25, 0.3) is 5.91 Å². The quantitative estimate of drug-likeness (QED) is 0.629. The molecule has 152 valence electrons. The number of thiophene rings is 1. The average Bonchev–Trinajstić information content (AvgIpc) is 3.52. The fraction of sp³-hybridized carbons (Fsp3) is 0.250. The SMILES string of the molecule is O=C1NC(c2ccccc2)(c2ccccc2)C(=O)N1CN1CCC[C@H]1c1cccs1. The Kier molecular flexibility index (Phi) is 4.89. The van der Waals surface area contributed by atoms with Crippen LogP contribution in [0.3, 0.4) is 0 Å². The molecule has 2 fully saturated rings. The molecule has 5 nitrogen and oxygen atoms in total. The van der Waals surface area contributed by atoms with Gasteiger partial charge < -0.3 is 5.32 Å². The minimum absolute atomic E-state index is 0.221. The summed E-state index contributed by atoms with van der Waals surface area (Å²) in [5.41, 5.74) is 0.346. The molecule has 5 rings (SSSR count). The summed E-state index contributed by atoms with van der Waals surface area (Å²) in [5.74, 6) is -0.221. The lowest BCUT2D eigenvalue weighted by atomic mass is 9.83. The van der Waals surface area contributed by atoms with Crippen LogP contribution in [0.1, 0.15) is 34.9 Å². The number of nitrogens with one attached hydrogen (secondary N) is 1. The molecule has 0 aliphatic carbocycles. The predicted octanol–water partition coefficient (Wildman–Crippen LogP) is 4.34. The molecule has 2 aliphatic heterocycles. The average molecular weight is 418 g/mol. The van der Waals surface area contributed by atoms with Crippen LogP contribution < -0.4 is 5.32 Å². The van der Waals surface area contributed by atoms with Crippen molar-refractivity contribution in [3.63, 3.8) is 0 Å². The highest BCUT2D eigenvalue weighted by molar-refractivity contribution is 7.10. The standard InChI is InChI=1S/C24H23N3O2S/c28-22-24(18-9-3-1-4-10-18,19-11-5-2-6-12-19)25-23(29)27(22)17-26-15-7-13-20(26)21-14-8-16-30-21/h1-6,8-12,14,16,20H,7,13,15,17H2,(H,25,29)/t20-/m0/s1. The first kappa shape index (κ1) is 19.0. The number of amides is 3. The Labute approximate surface area is 179 Å². The van der Waals surface area contributed by atoms with Crippen molar-refractivity contribution in [3.8, 4) is 0 Å². The number of imide groups is 1. The number of urea groups is 1. The summed E-state index contributed by atoms with van der Waals surface area (Å²) in [6.45, 7) is 1.18. The van der Waals surface area contributed by atoms with Gasteiger partial charge >= 0.3 is 6.03 Å². The summed E-state index contributed by atoms with van der Waals surface area (Å²) in [6.07, 6.45) is 2.11. The number of benzene rings is 2. The van der Waals surface area contributed by atoms with Crippen molar-refractivity contribution in [1.29, 1.82) is 0 Å². The Morgan fingerprint density at radius 2 is 1.60 bits per heavy atom. The first-order valence-electron chi connectivity index (χ1n) is 10.2. The van der Waals surface area contributed by atoms with Gasteiger partial charge in [-0.05, 0) is 35.4 Å². The molecule has 0 saturated carbocycles. The van der Waals surface area contributed by atoms with Gasteiger partial charge in [-0.3, -0.25) is 9.69 Å². The molecule has 1 atom stereocenters. The molecule has 0 bridgehead atoms. The molecule has 6 heteroatoms. The predicted molar refractivity (Wildman–Crippen MR) is 117 cm³/mol. The van der Waals surface area contributed by atoms with Gasteiger partial charge in [0.1, 0.15) is 0 Å². The third kappa shape index (κ3) is 3.04. The van der Waals surface area contributed by atoms with Crippen molar-refractivity contribution in [2.75, 3.05) is 13.2 Å². The van der Waals surface area contributed by atoms with E-state index in [1.807, 2.05) is 60.7 Å². The third-order valence-corrected chi connectivity index (χ3v) is 7.05. The summed E-state index contributed by atoms with van der Waals surface area (Å²) in [6, 6.07) is 23.1. The number of nitrogens with zero attached hydrogens (tertiary/aromatic N) is 2. The molecular weight excluding hydrogens is 394 g/mol. The molecule has 0 radical (unpaired) electrons. The van der Waals surface area contributed by atoms with Crippen molar-refractivity contribution in [1.82, 2.24) is 15.1 Å². The number of rotatable bonds is 5. The van der Waals surface area contributed by atoms with Gasteiger partial charge in [0.15, 0.2) is 5.54 Å². The molecule has 1 N–H and O–H groups in total. The maximum absolute atomic E-state index is 13.8. The molecule has 30 heavy (non-hydrogen) atoms. The maximum atomic E-state index is 13.8. The molecule has 3 heterocycles. The number of carbonyl (C=O) groups excluding carboxylic acids is 2. The van der Waals surface area contributed by atoms with E-state index in [4.69, 9.17) is 0 Å². The lowest BCUT2D eigenvalue weighted by molar-refractivity contribution is -0.131. The van der Waals surface area contributed by atoms with Crippen molar-refractivity contribution < 1.29 is 9.59 Å². The van der Waals surface area contributed by atoms with E-state index in [2.05, 4.69) is 27.7 Å². The first-order valence-corrected chi connectivity index (χ1v) is 11.1. The molecule has 3 aromatic rings. The van der Waals surface area contributed by atoms with E-state index in [1.54, 1.807) is 11.3 Å². The highest BCUT2D eigenvalue weighted by atomic mass is 32.1. The molecule has 0 unspecified atom stereocenters. The summed E-state index contributed by atoms with van der Waals surface area (Å²) < 4.78 is 0. The Bertz CT molecular complexity index is 997. The second-order valence-electron chi connectivity index (χ2n) is 7.77. The highest BCUT2D eigenvalue weighted by Gasteiger charge is 2.54. The topological polar surface area (TPSA) is 52.7 Å². The summed E-state index contributed by atoms with van der Waals surface area (Å²) in [4.78, 5) is 31.9. The zero-order valence-corrected chi connectivity index (χ0v) is 17.3. The Hall–Kier alpha value is -2.96. The van der Waals surface area contributed by atoms with E-state index >= 15 is 0 Å². The summed E-state index contributed by atoms with van der Waals surface area (Å²) in [5, 5.41) is 5.12. The van der Waals surface area contributed by atoms with Crippen LogP contribution in [0.5, 0.6) is 0 Å². The second kappa shape index (κ2) is 7.70. The van der Waals surface area contributed by atoms with Gasteiger partial charge in [-0.2, -0.15) is 0 Å². The minimum atomic E-state index is -1.20. The van der Waals surface area contributed by atoms with Crippen molar-refractivity contribution >= 4 is 23.3 Å². The van der Waals surface area contributed by atoms with Gasteiger partial charge in [0.05, 0.1) is 6.67 Å². The Morgan fingerprint density at radius 1 is 0.933 bits per heavy atom. The van der Waals surface area contributed by atoms with E-state index in [0.29, 0.717) is 6.67 Å². The number of carbonyl (C=O) groups is 2. The van der Waals surface area contributed by atoms with E-state index in [-0.39, 0.29) is 18.0 Å². The van der Waals surface area contributed by atoms with Crippen LogP contribution in [0.4, 0.5) is 4.79 Å². The van der Waals surface area contributed by atoms with Crippen LogP contribution >= 0.6 is 11.3 Å². The van der Waals surface area contributed by atoms with Crippen LogP contribution in [0.15, 0.2) is 78.2 Å². The second-order valence-corrected chi connectivity index (χ2v) is 8.75. The third-order valence-electron chi connectivity index (χ3n) is 6.08. The van der Waals surface area contributed by atoms with Crippen molar-refractivity contribution in [3.05, 3.63) is 94.2 Å². The Morgan fingerprint density at radius 3 is 2.20 bits per heavy atom. The van der Waals surface area contributed by atoms with E-state index in [0.717, 1.165) is 30.5 Å². The fourth-order valence-electron chi connectivity index (χ4n) is 4.62. The van der Waals surface area contributed by atoms with E-state index in [9.17, 15) is 9.59 Å². The monoisotopic (exact) mass is 417 g/mol. The fourth-order valence-corrected chi connectivity index (χ4v) is 5.51. The molecule has 3 amide bonds. The maximum Gasteiger partial charge on any atom is 0.326 e. The van der Waals surface area contributed by atoms with E-state index < -0.39 is 5.54 Å². The van der Waals surface area contributed by atoms with Crippen molar-refractivity contribution in [2.45, 2.75) is 24.4 Å². The molecular formula is C24H23N3O2S. The van der Waals surface area contributed by atoms with Gasteiger partial charge in [-0.1, -0.05) is 66.7 Å². The van der Waals surface area contributed by atoms with Gasteiger partial charge in [0.2, 0.25) is 0 Å². The van der Waals surface area contributed by atoms with Gasteiger partial charge in [-0.15, -0.1) is 11.3 Å². The van der Waals surface area contributed by atoms with Crippen LogP contribution in [-0.2, 0) is 10.3 Å². The zero-order valence-electron chi connectivity index (χ0n) is 16.5. The normalized spacial score (nSPS) is 21.2. The molecule has 0 spiro atoms. The summed E-state index contributed by atoms with van der Waals surface area (Å²) >= 11 is 1.73. The number of hydrogen-bond donors (Lipinski definition) is 1. The van der Waals surface area contributed by atoms with Crippen LogP contribution in [0.2, 0.25) is 0 Å². The van der Waals surface area contributed by atoms with E-state index in [1.165, 1.54) is 9.78 Å². The first-order chi connectivity index (χ1) is 14.7. The largest absolute Gasteiger partial charge is 0.326 e. The number of hydrogen-bond acceptors (Lipinski definition) is 4. The minimum Gasteiger partial charge on any atom is -0.315 e. The zero-order chi connectivity index (χ0) is 20.6. The Balaban J connectivity index is 1.50.